The fourth-order valence-electron chi connectivity index (χ4n) is 3.74. The second-order valence-electron chi connectivity index (χ2n) is 7.35. The van der Waals surface area contributed by atoms with Crippen molar-refractivity contribution in [2.45, 2.75) is 19.3 Å². The highest BCUT2D eigenvalue weighted by molar-refractivity contribution is 5.77. The predicted molar refractivity (Wildman–Crippen MR) is 106 cm³/mol. The number of rotatable bonds is 4. The third kappa shape index (κ3) is 4.06. The molecule has 0 spiro atoms. The van der Waals surface area contributed by atoms with Crippen molar-refractivity contribution in [3.8, 4) is 11.5 Å². The van der Waals surface area contributed by atoms with E-state index in [1.165, 1.54) is 12.1 Å². The largest absolute Gasteiger partial charge is 0.486 e. The van der Waals surface area contributed by atoms with Crippen LogP contribution in [0.1, 0.15) is 24.8 Å². The molecule has 2 aliphatic rings. The number of halogens is 1. The Morgan fingerprint density at radius 3 is 2.39 bits per heavy atom. The second kappa shape index (κ2) is 8.09. The normalized spacial score (nSPS) is 17.4. The summed E-state index contributed by atoms with van der Waals surface area (Å²) < 4.78 is 24.3. The van der Waals surface area contributed by atoms with Gasteiger partial charge in [-0.3, -0.25) is 4.79 Å². The number of hydrogen-bond acceptors (Lipinski definition) is 4. The van der Waals surface area contributed by atoms with Crippen molar-refractivity contribution in [3.63, 3.8) is 0 Å². The molecule has 2 aromatic rings. The molecule has 28 heavy (non-hydrogen) atoms. The lowest BCUT2D eigenvalue weighted by Crippen LogP contribution is -2.49. The maximum Gasteiger partial charge on any atom is 0.223 e. The zero-order valence-corrected chi connectivity index (χ0v) is 16.1. The summed E-state index contributed by atoms with van der Waals surface area (Å²) in [7, 11) is 0. The van der Waals surface area contributed by atoms with Gasteiger partial charge in [-0.2, -0.15) is 0 Å². The van der Waals surface area contributed by atoms with Gasteiger partial charge in [-0.1, -0.05) is 13.0 Å². The maximum absolute atomic E-state index is 13.1. The van der Waals surface area contributed by atoms with Crippen LogP contribution in [0, 0.1) is 5.82 Å². The molecular formula is C22H25FN2O3. The van der Waals surface area contributed by atoms with Crippen LogP contribution in [0.5, 0.6) is 11.5 Å². The molecule has 1 atom stereocenters. The summed E-state index contributed by atoms with van der Waals surface area (Å²) in [4.78, 5) is 16.9. The van der Waals surface area contributed by atoms with Gasteiger partial charge < -0.3 is 19.3 Å². The molecule has 2 aliphatic heterocycles. The lowest BCUT2D eigenvalue weighted by Gasteiger charge is -2.36. The summed E-state index contributed by atoms with van der Waals surface area (Å²) in [6, 6.07) is 12.4. The van der Waals surface area contributed by atoms with Crippen LogP contribution in [0.2, 0.25) is 0 Å². The molecular weight excluding hydrogens is 359 g/mol. The maximum atomic E-state index is 13.1. The van der Waals surface area contributed by atoms with Gasteiger partial charge in [0.1, 0.15) is 19.0 Å². The smallest absolute Gasteiger partial charge is 0.223 e. The van der Waals surface area contributed by atoms with Crippen molar-refractivity contribution in [3.05, 3.63) is 53.8 Å². The van der Waals surface area contributed by atoms with E-state index in [0.29, 0.717) is 32.7 Å². The summed E-state index contributed by atoms with van der Waals surface area (Å²) in [5.74, 6) is 1.58. The topological polar surface area (TPSA) is 42.0 Å². The number of hydrogen-bond donors (Lipinski definition) is 0. The van der Waals surface area contributed by atoms with Gasteiger partial charge in [0.15, 0.2) is 11.5 Å². The van der Waals surface area contributed by atoms with Crippen LogP contribution in [0.25, 0.3) is 0 Å². The van der Waals surface area contributed by atoms with Crippen molar-refractivity contribution in [2.24, 2.45) is 0 Å². The number of carbonyl (C=O) groups is 1. The second-order valence-corrected chi connectivity index (χ2v) is 7.35. The number of piperazine rings is 1. The Morgan fingerprint density at radius 1 is 1.00 bits per heavy atom. The average Bonchev–Trinajstić information content (AvgIpc) is 2.74. The van der Waals surface area contributed by atoms with Crippen molar-refractivity contribution < 1.29 is 18.7 Å². The lowest BCUT2D eigenvalue weighted by molar-refractivity contribution is -0.131. The summed E-state index contributed by atoms with van der Waals surface area (Å²) in [5.41, 5.74) is 2.08. The Morgan fingerprint density at radius 2 is 1.68 bits per heavy atom. The van der Waals surface area contributed by atoms with Crippen LogP contribution in [0.3, 0.4) is 0 Å². The predicted octanol–water partition coefficient (Wildman–Crippen LogP) is 3.44. The summed E-state index contributed by atoms with van der Waals surface area (Å²) in [5, 5.41) is 0. The first-order valence-corrected chi connectivity index (χ1v) is 9.78. The molecule has 0 bridgehead atoms. The highest BCUT2D eigenvalue weighted by Crippen LogP contribution is 2.34. The van der Waals surface area contributed by atoms with Crippen molar-refractivity contribution in [1.82, 2.24) is 4.90 Å². The SMILES string of the molecule is CC(CC(=O)N1CCN(c2ccc(F)cc2)CC1)c1ccc2c(c1)OCCO2. The Hall–Kier alpha value is -2.76. The highest BCUT2D eigenvalue weighted by Gasteiger charge is 2.24. The minimum Gasteiger partial charge on any atom is -0.486 e. The molecule has 0 N–H and O–H groups in total. The van der Waals surface area contributed by atoms with Gasteiger partial charge in [0, 0.05) is 38.3 Å². The number of carbonyl (C=O) groups excluding carboxylic acids is 1. The first-order chi connectivity index (χ1) is 13.6. The van der Waals surface area contributed by atoms with E-state index in [-0.39, 0.29) is 17.6 Å². The van der Waals surface area contributed by atoms with Gasteiger partial charge in [0.05, 0.1) is 0 Å². The van der Waals surface area contributed by atoms with E-state index in [2.05, 4.69) is 11.8 Å². The molecule has 1 saturated heterocycles. The first-order valence-electron chi connectivity index (χ1n) is 9.78. The molecule has 1 unspecified atom stereocenters. The van der Waals surface area contributed by atoms with Crippen LogP contribution in [-0.4, -0.2) is 50.2 Å². The number of anilines is 1. The van der Waals surface area contributed by atoms with Gasteiger partial charge in [-0.25, -0.2) is 4.39 Å². The molecule has 1 fully saturated rings. The number of fused-ring (bicyclic) bond motifs is 1. The van der Waals surface area contributed by atoms with Crippen LogP contribution < -0.4 is 14.4 Å². The third-order valence-corrected chi connectivity index (χ3v) is 5.44. The third-order valence-electron chi connectivity index (χ3n) is 5.44. The van der Waals surface area contributed by atoms with E-state index in [4.69, 9.17) is 9.47 Å². The lowest BCUT2D eigenvalue weighted by atomic mass is 9.96. The van der Waals surface area contributed by atoms with Crippen LogP contribution in [0.15, 0.2) is 42.5 Å². The summed E-state index contributed by atoms with van der Waals surface area (Å²) in [6.07, 6.45) is 0.468. The Balaban J connectivity index is 1.32. The Labute approximate surface area is 164 Å². The monoisotopic (exact) mass is 384 g/mol. The van der Waals surface area contributed by atoms with Gasteiger partial charge >= 0.3 is 0 Å². The van der Waals surface area contributed by atoms with E-state index in [1.54, 1.807) is 12.1 Å². The molecule has 1 amide bonds. The Kier molecular flexibility index (Phi) is 5.37. The standard InChI is InChI=1S/C22H25FN2O3/c1-16(17-2-7-20-21(15-17)28-13-12-27-20)14-22(26)25-10-8-24(9-11-25)19-5-3-18(23)4-6-19/h2-7,15-16H,8-14H2,1H3. The number of ether oxygens (including phenoxy) is 2. The number of amides is 1. The number of nitrogens with zero attached hydrogens (tertiary/aromatic N) is 2. The van der Waals surface area contributed by atoms with Crippen molar-refractivity contribution in [1.29, 1.82) is 0 Å². The van der Waals surface area contributed by atoms with E-state index in [9.17, 15) is 9.18 Å². The molecule has 5 nitrogen and oxygen atoms in total. The van der Waals surface area contributed by atoms with Gasteiger partial charge in [-0.05, 0) is 47.9 Å². The number of benzene rings is 2. The molecule has 6 heteroatoms. The van der Waals surface area contributed by atoms with Crippen LogP contribution in [-0.2, 0) is 4.79 Å². The molecule has 0 aromatic heterocycles. The molecule has 0 radical (unpaired) electrons. The minimum atomic E-state index is -0.231. The zero-order valence-electron chi connectivity index (χ0n) is 16.1. The van der Waals surface area contributed by atoms with E-state index < -0.39 is 0 Å². The van der Waals surface area contributed by atoms with Crippen LogP contribution >= 0.6 is 0 Å². The fraction of sp³-hybridized carbons (Fsp3) is 0.409. The zero-order chi connectivity index (χ0) is 19.5. The fourth-order valence-corrected chi connectivity index (χ4v) is 3.74. The average molecular weight is 384 g/mol. The van der Waals surface area contributed by atoms with Gasteiger partial charge in [-0.15, -0.1) is 0 Å². The van der Waals surface area contributed by atoms with Gasteiger partial charge in [0.2, 0.25) is 5.91 Å². The van der Waals surface area contributed by atoms with Gasteiger partial charge in [0.25, 0.3) is 0 Å². The Bertz CT molecular complexity index is 832. The van der Waals surface area contributed by atoms with Crippen LogP contribution in [0.4, 0.5) is 10.1 Å². The highest BCUT2D eigenvalue weighted by atomic mass is 19.1. The summed E-state index contributed by atoms with van der Waals surface area (Å²) >= 11 is 0. The molecule has 4 rings (SSSR count). The van der Waals surface area contributed by atoms with Crippen molar-refractivity contribution in [2.75, 3.05) is 44.3 Å². The molecule has 2 heterocycles. The van der Waals surface area contributed by atoms with E-state index >= 15 is 0 Å². The van der Waals surface area contributed by atoms with E-state index in [0.717, 1.165) is 35.8 Å². The summed E-state index contributed by atoms with van der Waals surface area (Å²) in [6.45, 7) is 6.09. The van der Waals surface area contributed by atoms with Crippen molar-refractivity contribution >= 4 is 11.6 Å². The molecule has 148 valence electrons. The quantitative estimate of drug-likeness (QED) is 0.810. The molecule has 0 saturated carbocycles. The molecule has 0 aliphatic carbocycles. The molecule has 2 aromatic carbocycles. The van der Waals surface area contributed by atoms with E-state index in [1.807, 2.05) is 23.1 Å². The first kappa shape index (κ1) is 18.6. The minimum absolute atomic E-state index is 0.110.